The van der Waals surface area contributed by atoms with Gasteiger partial charge in [0.05, 0.1) is 5.52 Å². The fourth-order valence-electron chi connectivity index (χ4n) is 3.96. The number of benzene rings is 1. The van der Waals surface area contributed by atoms with Crippen molar-refractivity contribution in [2.45, 2.75) is 25.3 Å². The minimum atomic E-state index is 0.0768. The quantitative estimate of drug-likeness (QED) is 0.831. The molecule has 1 unspecified atom stereocenters. The second-order valence-corrected chi connectivity index (χ2v) is 7.73. The summed E-state index contributed by atoms with van der Waals surface area (Å²) in [5, 5.41) is 8.41. The first-order chi connectivity index (χ1) is 13.2. The highest BCUT2D eigenvalue weighted by Gasteiger charge is 2.24. The maximum atomic E-state index is 12.6. The Morgan fingerprint density at radius 2 is 2.00 bits per heavy atom. The first-order valence-electron chi connectivity index (χ1n) is 9.76. The number of anilines is 1. The number of nitrogens with one attached hydrogen (secondary N) is 2. The molecule has 1 aromatic heterocycles. The van der Waals surface area contributed by atoms with Crippen molar-refractivity contribution in [3.05, 3.63) is 35.5 Å². The molecule has 27 heavy (non-hydrogen) atoms. The minimum absolute atomic E-state index is 0.0768. The lowest BCUT2D eigenvalue weighted by molar-refractivity contribution is 0.189. The Balaban J connectivity index is 1.38. The molecule has 6 nitrogen and oxygen atoms in total. The lowest BCUT2D eigenvalue weighted by Crippen LogP contribution is -2.53. The van der Waals surface area contributed by atoms with Gasteiger partial charge in [-0.1, -0.05) is 11.6 Å². The Morgan fingerprint density at radius 1 is 1.15 bits per heavy atom. The number of amides is 2. The third kappa shape index (κ3) is 4.28. The van der Waals surface area contributed by atoms with Gasteiger partial charge in [-0.2, -0.15) is 0 Å². The summed E-state index contributed by atoms with van der Waals surface area (Å²) >= 11 is 6.09. The van der Waals surface area contributed by atoms with E-state index >= 15 is 0 Å². The predicted molar refractivity (Wildman–Crippen MR) is 110 cm³/mol. The van der Waals surface area contributed by atoms with Crippen LogP contribution in [0.15, 0.2) is 30.5 Å². The van der Waals surface area contributed by atoms with Crippen molar-refractivity contribution in [2.75, 3.05) is 44.2 Å². The fraction of sp³-hybridized carbons (Fsp3) is 0.500. The minimum Gasteiger partial charge on any atom is -0.367 e. The first kappa shape index (κ1) is 18.3. The van der Waals surface area contributed by atoms with Gasteiger partial charge < -0.3 is 20.4 Å². The standard InChI is InChI=1S/C20H26ClN5O/c21-15-3-4-17-18(14-15)23-9-6-19(17)25-10-12-26(13-11-25)20(27)24-16-2-1-7-22-8-5-16/h3-4,6,9,14,16,22H,1-2,5,7-8,10-13H2,(H,24,27). The number of hydrogen-bond acceptors (Lipinski definition) is 4. The highest BCUT2D eigenvalue weighted by atomic mass is 35.5. The van der Waals surface area contributed by atoms with Crippen LogP contribution in [0.4, 0.5) is 10.5 Å². The summed E-state index contributed by atoms with van der Waals surface area (Å²) in [7, 11) is 0. The molecule has 2 fully saturated rings. The zero-order valence-electron chi connectivity index (χ0n) is 15.5. The maximum Gasteiger partial charge on any atom is 0.317 e. The van der Waals surface area contributed by atoms with Gasteiger partial charge in [0, 0.05) is 54.5 Å². The highest BCUT2D eigenvalue weighted by Crippen LogP contribution is 2.28. The van der Waals surface area contributed by atoms with E-state index in [0.29, 0.717) is 11.1 Å². The number of nitrogens with zero attached hydrogens (tertiary/aromatic N) is 3. The van der Waals surface area contributed by atoms with Crippen molar-refractivity contribution in [2.24, 2.45) is 0 Å². The number of piperazine rings is 1. The van der Waals surface area contributed by atoms with E-state index in [1.807, 2.05) is 35.4 Å². The molecular weight excluding hydrogens is 362 g/mol. The van der Waals surface area contributed by atoms with Gasteiger partial charge in [0.25, 0.3) is 0 Å². The van der Waals surface area contributed by atoms with Gasteiger partial charge in [0.2, 0.25) is 0 Å². The molecule has 1 aromatic carbocycles. The average Bonchev–Trinajstić information content (AvgIpc) is 2.96. The van der Waals surface area contributed by atoms with E-state index in [9.17, 15) is 4.79 Å². The van der Waals surface area contributed by atoms with Crippen molar-refractivity contribution in [3.63, 3.8) is 0 Å². The summed E-state index contributed by atoms with van der Waals surface area (Å²) in [6.07, 6.45) is 5.02. The van der Waals surface area contributed by atoms with Gasteiger partial charge in [0.1, 0.15) is 0 Å². The molecule has 2 aromatic rings. The van der Waals surface area contributed by atoms with E-state index in [1.165, 1.54) is 0 Å². The van der Waals surface area contributed by atoms with Crippen LogP contribution in [0.2, 0.25) is 5.02 Å². The molecule has 0 radical (unpaired) electrons. The zero-order chi connectivity index (χ0) is 18.6. The molecular formula is C20H26ClN5O. The van der Waals surface area contributed by atoms with Gasteiger partial charge >= 0.3 is 6.03 Å². The average molecular weight is 388 g/mol. The predicted octanol–water partition coefficient (Wildman–Crippen LogP) is 2.86. The number of carbonyl (C=O) groups excluding carboxylic acids is 1. The first-order valence-corrected chi connectivity index (χ1v) is 10.1. The summed E-state index contributed by atoms with van der Waals surface area (Å²) in [5.74, 6) is 0. The number of rotatable bonds is 2. The Morgan fingerprint density at radius 3 is 2.85 bits per heavy atom. The van der Waals surface area contributed by atoms with Crippen LogP contribution in [0, 0.1) is 0 Å². The molecule has 4 rings (SSSR count). The monoisotopic (exact) mass is 387 g/mol. The van der Waals surface area contributed by atoms with Crippen LogP contribution < -0.4 is 15.5 Å². The molecule has 2 saturated heterocycles. The number of urea groups is 1. The van der Waals surface area contributed by atoms with Crippen LogP contribution in [0.1, 0.15) is 19.3 Å². The fourth-order valence-corrected chi connectivity index (χ4v) is 4.13. The number of carbonyl (C=O) groups is 1. The third-order valence-electron chi connectivity index (χ3n) is 5.49. The summed E-state index contributed by atoms with van der Waals surface area (Å²) in [6.45, 7) is 5.14. The van der Waals surface area contributed by atoms with E-state index in [-0.39, 0.29) is 6.03 Å². The largest absolute Gasteiger partial charge is 0.367 e. The second-order valence-electron chi connectivity index (χ2n) is 7.29. The summed E-state index contributed by atoms with van der Waals surface area (Å²) in [5.41, 5.74) is 2.06. The topological polar surface area (TPSA) is 60.5 Å². The van der Waals surface area contributed by atoms with Gasteiger partial charge in [0.15, 0.2) is 0 Å². The Bertz CT molecular complexity index is 798. The molecule has 2 aliphatic rings. The van der Waals surface area contributed by atoms with Gasteiger partial charge in [-0.15, -0.1) is 0 Å². The number of pyridine rings is 1. The molecule has 2 amide bonds. The van der Waals surface area contributed by atoms with E-state index < -0.39 is 0 Å². The van der Waals surface area contributed by atoms with Crippen LogP contribution in [0.25, 0.3) is 10.9 Å². The summed E-state index contributed by atoms with van der Waals surface area (Å²) < 4.78 is 0. The van der Waals surface area contributed by atoms with Crippen molar-refractivity contribution >= 4 is 34.2 Å². The van der Waals surface area contributed by atoms with Crippen LogP contribution >= 0.6 is 11.6 Å². The van der Waals surface area contributed by atoms with Crippen molar-refractivity contribution in [1.29, 1.82) is 0 Å². The molecule has 2 aliphatic heterocycles. The van der Waals surface area contributed by atoms with Gasteiger partial charge in [-0.05, 0) is 56.6 Å². The van der Waals surface area contributed by atoms with Crippen LogP contribution in [0.3, 0.4) is 0 Å². The molecule has 0 aliphatic carbocycles. The highest BCUT2D eigenvalue weighted by molar-refractivity contribution is 6.31. The molecule has 144 valence electrons. The van der Waals surface area contributed by atoms with Crippen molar-refractivity contribution in [3.8, 4) is 0 Å². The molecule has 7 heteroatoms. The molecule has 1 atom stereocenters. The van der Waals surface area contributed by atoms with E-state index in [1.54, 1.807) is 0 Å². The normalized spacial score (nSPS) is 21.1. The van der Waals surface area contributed by atoms with E-state index in [4.69, 9.17) is 11.6 Å². The van der Waals surface area contributed by atoms with Crippen molar-refractivity contribution < 1.29 is 4.79 Å². The Hall–Kier alpha value is -2.05. The zero-order valence-corrected chi connectivity index (χ0v) is 16.2. The van der Waals surface area contributed by atoms with Crippen LogP contribution in [-0.2, 0) is 0 Å². The summed E-state index contributed by atoms with van der Waals surface area (Å²) in [4.78, 5) is 21.3. The summed E-state index contributed by atoms with van der Waals surface area (Å²) in [6, 6.07) is 8.24. The maximum absolute atomic E-state index is 12.6. The third-order valence-corrected chi connectivity index (χ3v) is 5.73. The second kappa shape index (κ2) is 8.31. The number of aromatic nitrogens is 1. The van der Waals surface area contributed by atoms with Crippen molar-refractivity contribution in [1.82, 2.24) is 20.5 Å². The molecule has 0 saturated carbocycles. The van der Waals surface area contributed by atoms with Gasteiger partial charge in [-0.3, -0.25) is 4.98 Å². The Kier molecular flexibility index (Phi) is 5.64. The smallest absolute Gasteiger partial charge is 0.317 e. The lowest BCUT2D eigenvalue weighted by atomic mass is 10.1. The molecule has 0 bridgehead atoms. The molecule has 3 heterocycles. The van der Waals surface area contributed by atoms with Crippen LogP contribution in [0.5, 0.6) is 0 Å². The van der Waals surface area contributed by atoms with E-state index in [2.05, 4.69) is 20.5 Å². The molecule has 2 N–H and O–H groups in total. The molecule has 0 spiro atoms. The van der Waals surface area contributed by atoms with Gasteiger partial charge in [-0.25, -0.2) is 4.79 Å². The van der Waals surface area contributed by atoms with E-state index in [0.717, 1.165) is 75.1 Å². The SMILES string of the molecule is O=C(NC1CCCNCC1)N1CCN(c2ccnc3cc(Cl)ccc23)CC1. The lowest BCUT2D eigenvalue weighted by Gasteiger charge is -2.37. The number of fused-ring (bicyclic) bond motifs is 1. The van der Waals surface area contributed by atoms with Crippen LogP contribution in [-0.4, -0.2) is 61.2 Å². The number of hydrogen-bond donors (Lipinski definition) is 2. The Labute approximate surface area is 164 Å². The number of halogens is 1.